The standard InChI is InChI=1S/C19H21N5O3S/c1-11-7-16(24-27-11)23-18(26)10-28-9-17(25)20-13-5-6-14-15(8-13)22-19(21-14)12-3-2-4-12/h5-8,12H,2-4,9-10H2,1H3,(H,20,25)(H,21,22)(H,23,24,26). The van der Waals surface area contributed by atoms with Crippen molar-refractivity contribution >= 4 is 46.1 Å². The van der Waals surface area contributed by atoms with Crippen LogP contribution in [0.15, 0.2) is 28.8 Å². The number of fused-ring (bicyclic) bond motifs is 1. The van der Waals surface area contributed by atoms with Crippen LogP contribution in [0.25, 0.3) is 11.0 Å². The van der Waals surface area contributed by atoms with Gasteiger partial charge in [0, 0.05) is 17.7 Å². The fourth-order valence-electron chi connectivity index (χ4n) is 3.02. The van der Waals surface area contributed by atoms with Gasteiger partial charge in [-0.3, -0.25) is 9.59 Å². The van der Waals surface area contributed by atoms with E-state index in [1.807, 2.05) is 18.2 Å². The molecule has 0 radical (unpaired) electrons. The van der Waals surface area contributed by atoms with E-state index in [1.54, 1.807) is 13.0 Å². The fourth-order valence-corrected chi connectivity index (χ4v) is 3.64. The summed E-state index contributed by atoms with van der Waals surface area (Å²) >= 11 is 1.23. The number of hydrogen-bond acceptors (Lipinski definition) is 6. The van der Waals surface area contributed by atoms with Crippen molar-refractivity contribution in [3.05, 3.63) is 35.9 Å². The highest BCUT2D eigenvalue weighted by Gasteiger charge is 2.22. The minimum atomic E-state index is -0.228. The molecule has 8 nitrogen and oxygen atoms in total. The maximum absolute atomic E-state index is 12.1. The van der Waals surface area contributed by atoms with E-state index in [4.69, 9.17) is 4.52 Å². The van der Waals surface area contributed by atoms with Crippen LogP contribution in [0.5, 0.6) is 0 Å². The summed E-state index contributed by atoms with van der Waals surface area (Å²) in [5.74, 6) is 2.52. The van der Waals surface area contributed by atoms with Crippen LogP contribution < -0.4 is 10.6 Å². The first-order valence-corrected chi connectivity index (χ1v) is 10.3. The van der Waals surface area contributed by atoms with Gasteiger partial charge in [0.05, 0.1) is 22.5 Å². The van der Waals surface area contributed by atoms with Crippen LogP contribution in [-0.4, -0.2) is 38.4 Å². The van der Waals surface area contributed by atoms with E-state index in [2.05, 4.69) is 25.8 Å². The Balaban J connectivity index is 1.25. The lowest BCUT2D eigenvalue weighted by molar-refractivity contribution is -0.114. The van der Waals surface area contributed by atoms with Gasteiger partial charge in [0.25, 0.3) is 0 Å². The predicted molar refractivity (Wildman–Crippen MR) is 109 cm³/mol. The molecule has 0 atom stereocenters. The number of benzene rings is 1. The Kier molecular flexibility index (Phi) is 5.34. The van der Waals surface area contributed by atoms with E-state index < -0.39 is 0 Å². The van der Waals surface area contributed by atoms with Crippen molar-refractivity contribution in [3.63, 3.8) is 0 Å². The average molecular weight is 399 g/mol. The molecule has 0 bridgehead atoms. The van der Waals surface area contributed by atoms with Crippen LogP contribution in [-0.2, 0) is 9.59 Å². The highest BCUT2D eigenvalue weighted by molar-refractivity contribution is 8.00. The number of carbonyl (C=O) groups is 2. The van der Waals surface area contributed by atoms with Gasteiger partial charge in [-0.25, -0.2) is 4.98 Å². The zero-order chi connectivity index (χ0) is 19.5. The molecule has 1 aliphatic rings. The summed E-state index contributed by atoms with van der Waals surface area (Å²) < 4.78 is 4.89. The number of carbonyl (C=O) groups excluding carboxylic acids is 2. The second-order valence-electron chi connectivity index (χ2n) is 6.89. The lowest BCUT2D eigenvalue weighted by Gasteiger charge is -2.22. The molecule has 1 aliphatic carbocycles. The largest absolute Gasteiger partial charge is 0.360 e. The maximum Gasteiger partial charge on any atom is 0.235 e. The summed E-state index contributed by atoms with van der Waals surface area (Å²) in [5.41, 5.74) is 2.55. The predicted octanol–water partition coefficient (Wildman–Crippen LogP) is 3.44. The molecule has 3 aromatic rings. The minimum Gasteiger partial charge on any atom is -0.360 e. The van der Waals surface area contributed by atoms with Crippen LogP contribution in [0.3, 0.4) is 0 Å². The van der Waals surface area contributed by atoms with Gasteiger partial charge in [-0.15, -0.1) is 11.8 Å². The van der Waals surface area contributed by atoms with Crippen molar-refractivity contribution in [2.45, 2.75) is 32.1 Å². The highest BCUT2D eigenvalue weighted by atomic mass is 32.2. The first-order chi connectivity index (χ1) is 13.6. The summed E-state index contributed by atoms with van der Waals surface area (Å²) in [6.45, 7) is 1.75. The molecule has 1 saturated carbocycles. The van der Waals surface area contributed by atoms with Gasteiger partial charge in [-0.05, 0) is 38.0 Å². The number of aromatic amines is 1. The van der Waals surface area contributed by atoms with Crippen LogP contribution in [0.4, 0.5) is 11.5 Å². The van der Waals surface area contributed by atoms with Crippen molar-refractivity contribution < 1.29 is 14.1 Å². The van der Waals surface area contributed by atoms with Crippen molar-refractivity contribution in [3.8, 4) is 0 Å². The molecule has 2 amide bonds. The van der Waals surface area contributed by atoms with Gasteiger partial charge >= 0.3 is 0 Å². The number of anilines is 2. The van der Waals surface area contributed by atoms with E-state index in [0.29, 0.717) is 23.2 Å². The molecule has 1 aromatic carbocycles. The van der Waals surface area contributed by atoms with Gasteiger partial charge in [-0.2, -0.15) is 0 Å². The lowest BCUT2D eigenvalue weighted by Crippen LogP contribution is -2.18. The smallest absolute Gasteiger partial charge is 0.235 e. The number of H-pyrrole nitrogens is 1. The Labute approximate surface area is 165 Å². The van der Waals surface area contributed by atoms with Crippen molar-refractivity contribution in [1.29, 1.82) is 0 Å². The normalized spacial score (nSPS) is 14.0. The van der Waals surface area contributed by atoms with E-state index in [9.17, 15) is 9.59 Å². The van der Waals surface area contributed by atoms with E-state index in [0.717, 1.165) is 16.9 Å². The van der Waals surface area contributed by atoms with E-state index >= 15 is 0 Å². The van der Waals surface area contributed by atoms with Gasteiger partial charge in [0.2, 0.25) is 11.8 Å². The monoisotopic (exact) mass is 399 g/mol. The Hall–Kier alpha value is -2.81. The molecule has 0 spiro atoms. The zero-order valence-electron chi connectivity index (χ0n) is 15.4. The highest BCUT2D eigenvalue weighted by Crippen LogP contribution is 2.35. The molecule has 0 saturated heterocycles. The van der Waals surface area contributed by atoms with Gasteiger partial charge in [0.15, 0.2) is 5.82 Å². The molecule has 3 N–H and O–H groups in total. The number of nitrogens with zero attached hydrogens (tertiary/aromatic N) is 2. The number of imidazole rings is 1. The average Bonchev–Trinajstić information content (AvgIpc) is 3.18. The first kappa shape index (κ1) is 18.5. The summed E-state index contributed by atoms with van der Waals surface area (Å²) in [7, 11) is 0. The van der Waals surface area contributed by atoms with Crippen LogP contribution in [0, 0.1) is 6.92 Å². The molecule has 146 valence electrons. The third-order valence-corrected chi connectivity index (χ3v) is 5.57. The number of amides is 2. The third-order valence-electron chi connectivity index (χ3n) is 4.64. The Morgan fingerprint density at radius 3 is 2.68 bits per heavy atom. The van der Waals surface area contributed by atoms with Crippen LogP contribution in [0.1, 0.15) is 36.8 Å². The Bertz CT molecular complexity index is 1010. The second kappa shape index (κ2) is 8.05. The van der Waals surface area contributed by atoms with Crippen LogP contribution >= 0.6 is 11.8 Å². The van der Waals surface area contributed by atoms with Crippen molar-refractivity contribution in [2.75, 3.05) is 22.1 Å². The zero-order valence-corrected chi connectivity index (χ0v) is 16.3. The van der Waals surface area contributed by atoms with Crippen molar-refractivity contribution in [1.82, 2.24) is 15.1 Å². The molecule has 1 fully saturated rings. The van der Waals surface area contributed by atoms with Gasteiger partial charge in [0.1, 0.15) is 11.6 Å². The molecular weight excluding hydrogens is 378 g/mol. The number of thioether (sulfide) groups is 1. The number of aromatic nitrogens is 3. The number of aryl methyl sites for hydroxylation is 1. The first-order valence-electron chi connectivity index (χ1n) is 9.17. The number of hydrogen-bond donors (Lipinski definition) is 3. The second-order valence-corrected chi connectivity index (χ2v) is 7.88. The molecule has 2 heterocycles. The molecule has 0 aliphatic heterocycles. The molecule has 2 aromatic heterocycles. The van der Waals surface area contributed by atoms with Gasteiger partial charge in [-0.1, -0.05) is 11.6 Å². The summed E-state index contributed by atoms with van der Waals surface area (Å²) in [6, 6.07) is 7.28. The van der Waals surface area contributed by atoms with Crippen molar-refractivity contribution in [2.24, 2.45) is 0 Å². The minimum absolute atomic E-state index is 0.156. The summed E-state index contributed by atoms with van der Waals surface area (Å²) in [6.07, 6.45) is 3.63. The lowest BCUT2D eigenvalue weighted by atomic mass is 9.85. The summed E-state index contributed by atoms with van der Waals surface area (Å²) in [4.78, 5) is 32.0. The third kappa shape index (κ3) is 4.36. The van der Waals surface area contributed by atoms with Gasteiger partial charge < -0.3 is 20.1 Å². The molecule has 4 rings (SSSR count). The Morgan fingerprint density at radius 2 is 2.00 bits per heavy atom. The SMILES string of the molecule is Cc1cc(NC(=O)CSCC(=O)Nc2ccc3nc(C4CCC4)[nH]c3c2)no1. The van der Waals surface area contributed by atoms with Crippen LogP contribution in [0.2, 0.25) is 0 Å². The van der Waals surface area contributed by atoms with E-state index in [-0.39, 0.29) is 23.3 Å². The fraction of sp³-hybridized carbons (Fsp3) is 0.368. The summed E-state index contributed by atoms with van der Waals surface area (Å²) in [5, 5.41) is 9.18. The van der Waals surface area contributed by atoms with E-state index in [1.165, 1.54) is 31.0 Å². The Morgan fingerprint density at radius 1 is 1.21 bits per heavy atom. The molecule has 28 heavy (non-hydrogen) atoms. The number of nitrogens with one attached hydrogen (secondary N) is 3. The molecular formula is C19H21N5O3S. The maximum atomic E-state index is 12.1. The number of rotatable bonds is 7. The molecule has 0 unspecified atom stereocenters. The molecule has 9 heteroatoms. The topological polar surface area (TPSA) is 113 Å². The quantitative estimate of drug-likeness (QED) is 0.561.